The van der Waals surface area contributed by atoms with Gasteiger partial charge in [-0.1, -0.05) is 89.9 Å². The van der Waals surface area contributed by atoms with E-state index in [0.29, 0.717) is 54.2 Å². The Labute approximate surface area is 290 Å². The van der Waals surface area contributed by atoms with Gasteiger partial charge in [0.15, 0.2) is 17.4 Å². The molecular formula is C39H50ClF3O4Si. The van der Waals surface area contributed by atoms with Crippen molar-refractivity contribution in [2.75, 3.05) is 6.61 Å². The molecule has 0 radical (unpaired) electrons. The number of hydrogen-bond acceptors (Lipinski definition) is 4. The fraction of sp³-hybridized carbons (Fsp3) is 0.462. The molecule has 4 nitrogen and oxygen atoms in total. The Bertz CT molecular complexity index is 1480. The molecule has 0 aliphatic carbocycles. The first-order valence-electron chi connectivity index (χ1n) is 16.9. The van der Waals surface area contributed by atoms with E-state index in [4.69, 9.17) is 25.5 Å². The summed E-state index contributed by atoms with van der Waals surface area (Å²) in [7, 11) is -2.59. The number of rotatable bonds is 18. The summed E-state index contributed by atoms with van der Waals surface area (Å²) in [4.78, 5) is 11.9. The fourth-order valence-corrected chi connectivity index (χ4v) is 12.1. The van der Waals surface area contributed by atoms with Crippen LogP contribution in [-0.2, 0) is 22.6 Å². The zero-order valence-corrected chi connectivity index (χ0v) is 31.0. The lowest BCUT2D eigenvalue weighted by Crippen LogP contribution is -2.51. The molecule has 0 saturated carbocycles. The van der Waals surface area contributed by atoms with Crippen LogP contribution in [0.15, 0.2) is 60.7 Å². The fourth-order valence-electron chi connectivity index (χ4n) is 6.63. The summed E-state index contributed by atoms with van der Waals surface area (Å²) < 4.78 is 63.2. The third kappa shape index (κ3) is 10.6. The number of benzene rings is 3. The van der Waals surface area contributed by atoms with Gasteiger partial charge in [0.05, 0.1) is 6.61 Å². The first-order valence-corrected chi connectivity index (χ1v) is 19.5. The number of carbonyl (C=O) groups is 1. The van der Waals surface area contributed by atoms with Crippen molar-refractivity contribution in [2.45, 2.75) is 104 Å². The Morgan fingerprint density at radius 1 is 0.896 bits per heavy atom. The molecule has 0 bridgehead atoms. The van der Waals surface area contributed by atoms with Crippen molar-refractivity contribution in [1.82, 2.24) is 0 Å². The van der Waals surface area contributed by atoms with E-state index in [0.717, 1.165) is 5.56 Å². The van der Waals surface area contributed by atoms with Crippen LogP contribution in [0.25, 0.3) is 6.08 Å². The first kappa shape index (κ1) is 39.2. The number of esters is 1. The normalized spacial score (nSPS) is 12.7. The number of ether oxygens (including phenoxy) is 2. The predicted molar refractivity (Wildman–Crippen MR) is 192 cm³/mol. The van der Waals surface area contributed by atoms with E-state index in [-0.39, 0.29) is 47.3 Å². The minimum absolute atomic E-state index is 0.154. The van der Waals surface area contributed by atoms with Crippen molar-refractivity contribution in [3.05, 3.63) is 99.8 Å². The summed E-state index contributed by atoms with van der Waals surface area (Å²) in [5.74, 6) is -2.11. The minimum Gasteiger partial charge on any atom is -0.539 e. The van der Waals surface area contributed by atoms with Crippen molar-refractivity contribution < 1.29 is 31.9 Å². The molecule has 9 heteroatoms. The summed E-state index contributed by atoms with van der Waals surface area (Å²) >= 11 is 6.30. The first-order chi connectivity index (χ1) is 22.8. The molecule has 48 heavy (non-hydrogen) atoms. The highest BCUT2D eigenvalue weighted by molar-refractivity contribution is 6.78. The maximum absolute atomic E-state index is 15.7. The van der Waals surface area contributed by atoms with Gasteiger partial charge in [-0.25, -0.2) is 13.2 Å². The lowest BCUT2D eigenvalue weighted by molar-refractivity contribution is -0.143. The zero-order chi connectivity index (χ0) is 35.4. The minimum atomic E-state index is -2.59. The van der Waals surface area contributed by atoms with Crippen LogP contribution in [0.3, 0.4) is 0 Å². The van der Waals surface area contributed by atoms with Crippen molar-refractivity contribution in [3.63, 3.8) is 0 Å². The summed E-state index contributed by atoms with van der Waals surface area (Å²) in [5.41, 5.74) is 2.27. The Morgan fingerprint density at radius 3 is 2.15 bits per heavy atom. The molecule has 3 rings (SSSR count). The van der Waals surface area contributed by atoms with Crippen LogP contribution in [0.5, 0.6) is 11.5 Å². The molecule has 0 saturated heterocycles. The summed E-state index contributed by atoms with van der Waals surface area (Å²) in [6, 6.07) is 14.3. The van der Waals surface area contributed by atoms with E-state index in [9.17, 15) is 9.18 Å². The quantitative estimate of drug-likeness (QED) is 0.0752. The Balaban J connectivity index is 1.88. The molecule has 0 amide bonds. The van der Waals surface area contributed by atoms with Crippen molar-refractivity contribution in [3.8, 4) is 11.5 Å². The van der Waals surface area contributed by atoms with Gasteiger partial charge in [0.1, 0.15) is 18.2 Å². The standard InChI is InChI=1S/C39H50ClF3O4Si/c1-8-45-38(44)16-12-9-13-29(17-18-31-24-33(41)19-20-37(31)46-25-32-14-10-11-15-34(32)40)21-30-22-35(42)39(36(43)23-30)47-48(26(2)3,27(4)5)28(6)7/h10-11,14-15,17-20,22-24,26-29H,8-9,12-13,16,21,25H2,1-7H3. The van der Waals surface area contributed by atoms with Crippen LogP contribution in [0.2, 0.25) is 21.6 Å². The number of hydrogen-bond donors (Lipinski definition) is 0. The lowest BCUT2D eigenvalue weighted by atomic mass is 9.92. The molecule has 0 aromatic heterocycles. The highest BCUT2D eigenvalue weighted by atomic mass is 35.5. The molecule has 0 fully saturated rings. The van der Waals surface area contributed by atoms with Gasteiger partial charge in [0.2, 0.25) is 0 Å². The third-order valence-corrected chi connectivity index (χ3v) is 15.3. The lowest BCUT2D eigenvalue weighted by Gasteiger charge is -2.42. The Kier molecular flexibility index (Phi) is 15.1. The second kappa shape index (κ2) is 18.5. The van der Waals surface area contributed by atoms with Gasteiger partial charge < -0.3 is 13.9 Å². The number of allylic oxidation sites excluding steroid dienone is 1. The van der Waals surface area contributed by atoms with Gasteiger partial charge in [-0.15, -0.1) is 0 Å². The van der Waals surface area contributed by atoms with Crippen LogP contribution in [0, 0.1) is 23.4 Å². The smallest absolute Gasteiger partial charge is 0.305 e. The average molecular weight is 703 g/mol. The third-order valence-electron chi connectivity index (χ3n) is 8.91. The molecule has 0 spiro atoms. The molecule has 0 heterocycles. The van der Waals surface area contributed by atoms with E-state index in [2.05, 4.69) is 41.5 Å². The Hall–Kier alpha value is -3.23. The van der Waals surface area contributed by atoms with Crippen molar-refractivity contribution in [2.24, 2.45) is 5.92 Å². The maximum Gasteiger partial charge on any atom is 0.305 e. The van der Waals surface area contributed by atoms with Crippen LogP contribution >= 0.6 is 11.6 Å². The molecule has 1 unspecified atom stereocenters. The molecule has 1 atom stereocenters. The van der Waals surface area contributed by atoms with Crippen LogP contribution in [0.4, 0.5) is 13.2 Å². The van der Waals surface area contributed by atoms with Gasteiger partial charge in [0.25, 0.3) is 8.32 Å². The van der Waals surface area contributed by atoms with Crippen LogP contribution < -0.4 is 9.16 Å². The molecule has 0 N–H and O–H groups in total. The summed E-state index contributed by atoms with van der Waals surface area (Å²) in [5, 5.41) is 0.570. The topological polar surface area (TPSA) is 44.8 Å². The van der Waals surface area contributed by atoms with E-state index in [1.165, 1.54) is 24.3 Å². The number of carbonyl (C=O) groups excluding carboxylic acids is 1. The van der Waals surface area contributed by atoms with Gasteiger partial charge in [-0.3, -0.25) is 4.79 Å². The van der Waals surface area contributed by atoms with Crippen molar-refractivity contribution in [1.29, 1.82) is 0 Å². The molecule has 0 aliphatic heterocycles. The molecule has 262 valence electrons. The van der Waals surface area contributed by atoms with E-state index in [1.54, 1.807) is 25.1 Å². The zero-order valence-electron chi connectivity index (χ0n) is 29.3. The number of halogens is 4. The van der Waals surface area contributed by atoms with Gasteiger partial charge in [-0.05, 0) is 90.7 Å². The predicted octanol–water partition coefficient (Wildman–Crippen LogP) is 11.9. The maximum atomic E-state index is 15.7. The van der Waals surface area contributed by atoms with Gasteiger partial charge in [0, 0.05) is 22.6 Å². The van der Waals surface area contributed by atoms with E-state index < -0.39 is 25.8 Å². The SMILES string of the molecule is CCOC(=O)CCCCC(C=Cc1cc(F)ccc1OCc1ccccc1Cl)Cc1cc(F)c(O[Si](C(C)C)(C(C)C)C(C)C)c(F)c1. The summed E-state index contributed by atoms with van der Waals surface area (Å²) in [6.45, 7) is 14.7. The van der Waals surface area contributed by atoms with Crippen LogP contribution in [-0.4, -0.2) is 20.9 Å². The molecule has 3 aromatic rings. The monoisotopic (exact) mass is 702 g/mol. The van der Waals surface area contributed by atoms with Crippen molar-refractivity contribution >= 4 is 32.0 Å². The molecular weight excluding hydrogens is 653 g/mol. The Morgan fingerprint density at radius 2 is 1.54 bits per heavy atom. The second-order valence-electron chi connectivity index (χ2n) is 13.2. The average Bonchev–Trinajstić information content (AvgIpc) is 3.01. The van der Waals surface area contributed by atoms with Crippen LogP contribution in [0.1, 0.15) is 90.8 Å². The molecule has 0 aliphatic rings. The summed E-state index contributed by atoms with van der Waals surface area (Å²) in [6.07, 6.45) is 6.23. The van der Waals surface area contributed by atoms with E-state index >= 15 is 8.78 Å². The molecule has 3 aromatic carbocycles. The highest BCUT2D eigenvalue weighted by Crippen LogP contribution is 2.44. The van der Waals surface area contributed by atoms with E-state index in [1.807, 2.05) is 24.3 Å². The highest BCUT2D eigenvalue weighted by Gasteiger charge is 2.48. The largest absolute Gasteiger partial charge is 0.539 e. The van der Waals surface area contributed by atoms with Gasteiger partial charge >= 0.3 is 5.97 Å². The van der Waals surface area contributed by atoms with Gasteiger partial charge in [-0.2, -0.15) is 0 Å². The number of unbranched alkanes of at least 4 members (excludes halogenated alkanes) is 1. The second-order valence-corrected chi connectivity index (χ2v) is 19.0.